The highest BCUT2D eigenvalue weighted by atomic mass is 35.5. The van der Waals surface area contributed by atoms with Gasteiger partial charge in [-0.25, -0.2) is 0 Å². The van der Waals surface area contributed by atoms with Gasteiger partial charge in [-0.15, -0.1) is 0 Å². The fourth-order valence-electron chi connectivity index (χ4n) is 2.51. The fourth-order valence-corrected chi connectivity index (χ4v) is 2.74. The van der Waals surface area contributed by atoms with Gasteiger partial charge >= 0.3 is 6.18 Å². The zero-order chi connectivity index (χ0) is 18.7. The molecule has 0 unspecified atom stereocenters. The van der Waals surface area contributed by atoms with Gasteiger partial charge in [0.2, 0.25) is 0 Å². The van der Waals surface area contributed by atoms with Crippen molar-refractivity contribution in [1.29, 1.82) is 0 Å². The number of alkyl halides is 3. The van der Waals surface area contributed by atoms with E-state index in [-0.39, 0.29) is 30.0 Å². The second-order valence-electron chi connectivity index (χ2n) is 5.74. The summed E-state index contributed by atoms with van der Waals surface area (Å²) in [6.45, 7) is 1.39. The van der Waals surface area contributed by atoms with Crippen molar-refractivity contribution in [3.8, 4) is 5.75 Å². The summed E-state index contributed by atoms with van der Waals surface area (Å²) in [5.41, 5.74) is 0.359. The van der Waals surface area contributed by atoms with Gasteiger partial charge in [-0.05, 0) is 35.9 Å². The summed E-state index contributed by atoms with van der Waals surface area (Å²) in [6.07, 6.45) is -4.46. The van der Waals surface area contributed by atoms with Crippen molar-refractivity contribution < 1.29 is 27.4 Å². The first-order valence-electron chi connectivity index (χ1n) is 7.80. The first-order chi connectivity index (χ1) is 12.3. The van der Waals surface area contributed by atoms with E-state index in [0.29, 0.717) is 24.3 Å². The molecule has 4 nitrogen and oxygen atoms in total. The van der Waals surface area contributed by atoms with Crippen molar-refractivity contribution in [3.63, 3.8) is 0 Å². The lowest BCUT2D eigenvalue weighted by Gasteiger charge is -2.14. The molecule has 1 amide bonds. The molecule has 8 heteroatoms. The highest BCUT2D eigenvalue weighted by Gasteiger charge is 2.31. The minimum Gasteiger partial charge on any atom is -0.487 e. The maximum Gasteiger partial charge on any atom is 0.416 e. The molecule has 0 aromatic heterocycles. The molecule has 0 N–H and O–H groups in total. The minimum absolute atomic E-state index is 0.0721. The number of ether oxygens (including phenoxy) is 2. The number of hydrogen-bond acceptors (Lipinski definition) is 3. The lowest BCUT2D eigenvalue weighted by atomic mass is 10.1. The Bertz CT molecular complexity index is 805. The van der Waals surface area contributed by atoms with E-state index in [1.165, 1.54) is 6.07 Å². The van der Waals surface area contributed by atoms with Crippen molar-refractivity contribution in [3.05, 3.63) is 64.2 Å². The van der Waals surface area contributed by atoms with Crippen LogP contribution in [0.2, 0.25) is 5.02 Å². The van der Waals surface area contributed by atoms with Gasteiger partial charge in [0, 0.05) is 12.1 Å². The fraction of sp³-hybridized carbons (Fsp3) is 0.278. The molecular weight excluding hydrogens is 371 g/mol. The third-order valence-electron chi connectivity index (χ3n) is 3.87. The van der Waals surface area contributed by atoms with Crippen molar-refractivity contribution >= 4 is 17.5 Å². The van der Waals surface area contributed by atoms with Gasteiger partial charge in [-0.2, -0.15) is 13.2 Å². The SMILES string of the molecule is O=C(c1cccc(COc2ccc(C(F)(F)F)cc2Cl)c1)N1CCOC1. The zero-order valence-electron chi connectivity index (χ0n) is 13.6. The van der Waals surface area contributed by atoms with Crippen LogP contribution in [0.15, 0.2) is 42.5 Å². The smallest absolute Gasteiger partial charge is 0.416 e. The highest BCUT2D eigenvalue weighted by molar-refractivity contribution is 6.32. The van der Waals surface area contributed by atoms with Crippen LogP contribution >= 0.6 is 11.6 Å². The molecule has 0 radical (unpaired) electrons. The van der Waals surface area contributed by atoms with Gasteiger partial charge in [0.1, 0.15) is 19.1 Å². The Kier molecular flexibility index (Phi) is 5.38. The minimum atomic E-state index is -4.46. The van der Waals surface area contributed by atoms with Crippen LogP contribution in [-0.2, 0) is 17.5 Å². The second-order valence-corrected chi connectivity index (χ2v) is 6.15. The second kappa shape index (κ2) is 7.55. The van der Waals surface area contributed by atoms with Gasteiger partial charge in [-0.3, -0.25) is 4.79 Å². The highest BCUT2D eigenvalue weighted by Crippen LogP contribution is 2.34. The normalized spacial score (nSPS) is 14.5. The largest absolute Gasteiger partial charge is 0.487 e. The van der Waals surface area contributed by atoms with Crippen LogP contribution in [0.5, 0.6) is 5.75 Å². The van der Waals surface area contributed by atoms with E-state index in [9.17, 15) is 18.0 Å². The molecule has 1 aliphatic rings. The van der Waals surface area contributed by atoms with E-state index in [1.54, 1.807) is 29.2 Å². The molecule has 2 aromatic carbocycles. The summed E-state index contributed by atoms with van der Waals surface area (Å²) in [5, 5.41) is -0.124. The number of amides is 1. The number of rotatable bonds is 4. The molecule has 1 saturated heterocycles. The first kappa shape index (κ1) is 18.5. The summed E-state index contributed by atoms with van der Waals surface area (Å²) < 4.78 is 48.6. The summed E-state index contributed by atoms with van der Waals surface area (Å²) in [6, 6.07) is 9.76. The Hall–Kier alpha value is -2.25. The van der Waals surface area contributed by atoms with Crippen LogP contribution in [0.3, 0.4) is 0 Å². The van der Waals surface area contributed by atoms with Gasteiger partial charge < -0.3 is 14.4 Å². The Morgan fingerprint density at radius 1 is 1.23 bits per heavy atom. The lowest BCUT2D eigenvalue weighted by molar-refractivity contribution is -0.137. The van der Waals surface area contributed by atoms with Gasteiger partial charge in [-0.1, -0.05) is 23.7 Å². The number of halogens is 4. The maximum absolute atomic E-state index is 12.7. The van der Waals surface area contributed by atoms with E-state index in [2.05, 4.69) is 0 Å². The van der Waals surface area contributed by atoms with Crippen LogP contribution in [0.1, 0.15) is 21.5 Å². The number of hydrogen-bond donors (Lipinski definition) is 0. The van der Waals surface area contributed by atoms with Gasteiger partial charge in [0.25, 0.3) is 5.91 Å². The standard InChI is InChI=1S/C18H15ClF3NO3/c19-15-9-14(18(20,21)22)4-5-16(15)26-10-12-2-1-3-13(8-12)17(24)23-6-7-25-11-23/h1-5,8-9H,6-7,10-11H2. The average molecular weight is 386 g/mol. The molecule has 1 heterocycles. The predicted molar refractivity (Wildman–Crippen MR) is 89.1 cm³/mol. The van der Waals surface area contributed by atoms with Crippen molar-refractivity contribution in [1.82, 2.24) is 4.90 Å². The number of carbonyl (C=O) groups excluding carboxylic acids is 1. The number of nitrogens with zero attached hydrogens (tertiary/aromatic N) is 1. The topological polar surface area (TPSA) is 38.8 Å². The molecule has 0 spiro atoms. The average Bonchev–Trinajstić information content (AvgIpc) is 3.14. The van der Waals surface area contributed by atoms with Crippen molar-refractivity contribution in [2.24, 2.45) is 0 Å². The van der Waals surface area contributed by atoms with Crippen molar-refractivity contribution in [2.75, 3.05) is 19.9 Å². The number of benzene rings is 2. The molecule has 138 valence electrons. The molecule has 3 rings (SSSR count). The van der Waals surface area contributed by atoms with Gasteiger partial charge in [0.05, 0.1) is 17.2 Å². The predicted octanol–water partition coefficient (Wildman–Crippen LogP) is 4.37. The van der Waals surface area contributed by atoms with Crippen LogP contribution < -0.4 is 4.74 Å². The molecule has 26 heavy (non-hydrogen) atoms. The Balaban J connectivity index is 1.68. The molecule has 1 fully saturated rings. The Morgan fingerprint density at radius 2 is 2.04 bits per heavy atom. The molecule has 0 atom stereocenters. The third-order valence-corrected chi connectivity index (χ3v) is 4.16. The molecular formula is C18H15ClF3NO3. The molecule has 0 saturated carbocycles. The monoisotopic (exact) mass is 385 g/mol. The first-order valence-corrected chi connectivity index (χ1v) is 8.18. The zero-order valence-corrected chi connectivity index (χ0v) is 14.3. The summed E-state index contributed by atoms with van der Waals surface area (Å²) in [7, 11) is 0. The van der Waals surface area contributed by atoms with E-state index >= 15 is 0 Å². The van der Waals surface area contributed by atoms with Crippen LogP contribution in [0.4, 0.5) is 13.2 Å². The molecule has 1 aliphatic heterocycles. The summed E-state index contributed by atoms with van der Waals surface area (Å²) in [4.78, 5) is 13.9. The van der Waals surface area contributed by atoms with E-state index in [4.69, 9.17) is 21.1 Å². The summed E-state index contributed by atoms with van der Waals surface area (Å²) >= 11 is 5.87. The van der Waals surface area contributed by atoms with Crippen LogP contribution in [0.25, 0.3) is 0 Å². The molecule has 0 bridgehead atoms. The molecule has 0 aliphatic carbocycles. The third kappa shape index (κ3) is 4.28. The van der Waals surface area contributed by atoms with Crippen LogP contribution in [0, 0.1) is 0 Å². The summed E-state index contributed by atoms with van der Waals surface area (Å²) in [5.74, 6) is 0.00116. The maximum atomic E-state index is 12.7. The van der Waals surface area contributed by atoms with Gasteiger partial charge in [0.15, 0.2) is 0 Å². The van der Waals surface area contributed by atoms with E-state index < -0.39 is 11.7 Å². The Morgan fingerprint density at radius 3 is 2.69 bits per heavy atom. The van der Waals surface area contributed by atoms with E-state index in [0.717, 1.165) is 12.1 Å². The molecule has 2 aromatic rings. The Labute approximate surface area is 153 Å². The quantitative estimate of drug-likeness (QED) is 0.784. The van der Waals surface area contributed by atoms with E-state index in [1.807, 2.05) is 0 Å². The lowest BCUT2D eigenvalue weighted by Crippen LogP contribution is -2.28. The van der Waals surface area contributed by atoms with Crippen LogP contribution in [-0.4, -0.2) is 30.7 Å². The van der Waals surface area contributed by atoms with Crippen molar-refractivity contribution in [2.45, 2.75) is 12.8 Å². The number of carbonyl (C=O) groups is 1.